The molecule has 0 saturated heterocycles. The highest BCUT2D eigenvalue weighted by Crippen LogP contribution is 2.45. The van der Waals surface area contributed by atoms with Gasteiger partial charge in [-0.2, -0.15) is 0 Å². The summed E-state index contributed by atoms with van der Waals surface area (Å²) >= 11 is 0. The zero-order valence-electron chi connectivity index (χ0n) is 23.6. The summed E-state index contributed by atoms with van der Waals surface area (Å²) in [5, 5.41) is 8.52. The summed E-state index contributed by atoms with van der Waals surface area (Å²) < 4.78 is 15.8. The monoisotopic (exact) mass is 522 g/mol. The van der Waals surface area contributed by atoms with E-state index in [4.69, 9.17) is 19.4 Å². The molecule has 0 heterocycles. The van der Waals surface area contributed by atoms with E-state index in [-0.39, 0.29) is 0 Å². The van der Waals surface area contributed by atoms with E-state index in [1.807, 2.05) is 13.8 Å². The Kier molecular flexibility index (Phi) is 26.5. The van der Waals surface area contributed by atoms with Crippen LogP contribution in [0.15, 0.2) is 0 Å². The first-order valence-electron chi connectivity index (χ1n) is 14.6. The fourth-order valence-electron chi connectivity index (χ4n) is 4.38. The van der Waals surface area contributed by atoms with Crippen LogP contribution in [-0.4, -0.2) is 26.5 Å². The van der Waals surface area contributed by atoms with Crippen molar-refractivity contribution in [2.75, 3.05) is 0 Å². The maximum atomic E-state index is 10.9. The molecule has 0 aliphatic rings. The fourth-order valence-corrected chi connectivity index (χ4v) is 5.23. The summed E-state index contributed by atoms with van der Waals surface area (Å²) in [7, 11) is -4.37. The van der Waals surface area contributed by atoms with Gasteiger partial charge in [-0.3, -0.25) is 9.32 Å². The van der Waals surface area contributed by atoms with E-state index in [9.17, 15) is 9.36 Å². The molecule has 0 rings (SSSR count). The molecule has 0 saturated carbocycles. The number of hydrogen-bond acceptors (Lipinski definition) is 3. The van der Waals surface area contributed by atoms with E-state index in [0.29, 0.717) is 19.3 Å². The molecule has 0 amide bonds. The van der Waals surface area contributed by atoms with Crippen molar-refractivity contribution in [3.8, 4) is 0 Å². The number of hydrogen-bond donors (Lipinski definition) is 3. The largest absolute Gasteiger partial charge is 0.481 e. The lowest BCUT2D eigenvalue weighted by atomic mass is 9.91. The summed E-state index contributed by atoms with van der Waals surface area (Å²) in [6, 6.07) is 0. The van der Waals surface area contributed by atoms with E-state index < -0.39 is 19.4 Å². The molecule has 0 bridgehead atoms. The van der Waals surface area contributed by atoms with Crippen LogP contribution in [-0.2, 0) is 13.9 Å². The maximum absolute atomic E-state index is 10.9. The minimum Gasteiger partial charge on any atom is -0.481 e. The highest BCUT2D eigenvalue weighted by atomic mass is 31.2. The lowest BCUT2D eigenvalue weighted by molar-refractivity contribution is -0.137. The zero-order valence-corrected chi connectivity index (χ0v) is 24.5. The van der Waals surface area contributed by atoms with Crippen molar-refractivity contribution in [2.24, 2.45) is 0 Å². The number of carboxylic acids is 1. The van der Waals surface area contributed by atoms with Gasteiger partial charge in [-0.1, -0.05) is 137 Å². The van der Waals surface area contributed by atoms with Crippen LogP contribution in [0.4, 0.5) is 0 Å². The fraction of sp³-hybridized carbons (Fsp3) is 0.964. The summed E-state index contributed by atoms with van der Waals surface area (Å²) in [6.45, 7) is 8.19. The molecule has 7 heteroatoms. The highest BCUT2D eigenvalue weighted by Gasteiger charge is 2.34. The van der Waals surface area contributed by atoms with Crippen molar-refractivity contribution in [1.29, 1.82) is 0 Å². The number of rotatable bonds is 24. The van der Waals surface area contributed by atoms with Gasteiger partial charge in [0.2, 0.25) is 0 Å². The molecule has 0 unspecified atom stereocenters. The topological polar surface area (TPSA) is 104 Å². The van der Waals surface area contributed by atoms with E-state index in [2.05, 4.69) is 13.8 Å². The number of aliphatic carboxylic acids is 1. The molecule has 0 aromatic carbocycles. The SMILES string of the molecule is CCCCCC(CC)(CC)OP(=O)(O)O.CCCCCCCCCCCCCCCCCC(=O)O. The van der Waals surface area contributed by atoms with Crippen LogP contribution in [0, 0.1) is 0 Å². The average molecular weight is 523 g/mol. The first-order chi connectivity index (χ1) is 16.7. The van der Waals surface area contributed by atoms with Crippen LogP contribution in [0.25, 0.3) is 0 Å². The van der Waals surface area contributed by atoms with E-state index >= 15 is 0 Å². The van der Waals surface area contributed by atoms with Crippen LogP contribution < -0.4 is 0 Å². The third-order valence-electron chi connectivity index (χ3n) is 6.83. The van der Waals surface area contributed by atoms with Gasteiger partial charge in [-0.05, 0) is 25.7 Å². The lowest BCUT2D eigenvalue weighted by Gasteiger charge is -2.31. The van der Waals surface area contributed by atoms with Gasteiger partial charge in [0.15, 0.2) is 0 Å². The number of unbranched alkanes of at least 4 members (excludes halogenated alkanes) is 16. The first kappa shape index (κ1) is 36.7. The second-order valence-corrected chi connectivity index (χ2v) is 11.2. The molecular formula is C28H59O6P. The number of phosphoric acid groups is 1. The molecule has 6 nitrogen and oxygen atoms in total. The number of carbonyl (C=O) groups is 1. The van der Waals surface area contributed by atoms with Crippen LogP contribution in [0.3, 0.4) is 0 Å². The smallest absolute Gasteiger partial charge is 0.470 e. The molecule has 0 atom stereocenters. The van der Waals surface area contributed by atoms with Gasteiger partial charge in [-0.25, -0.2) is 4.57 Å². The molecule has 35 heavy (non-hydrogen) atoms. The summed E-state index contributed by atoms with van der Waals surface area (Å²) in [5.74, 6) is -0.653. The third kappa shape index (κ3) is 28.0. The van der Waals surface area contributed by atoms with Gasteiger partial charge >= 0.3 is 13.8 Å². The molecule has 0 aliphatic heterocycles. The van der Waals surface area contributed by atoms with Gasteiger partial charge in [-0.15, -0.1) is 0 Å². The van der Waals surface area contributed by atoms with Gasteiger partial charge in [0.1, 0.15) is 0 Å². The van der Waals surface area contributed by atoms with Crippen molar-refractivity contribution in [1.82, 2.24) is 0 Å². The molecular weight excluding hydrogens is 463 g/mol. The third-order valence-corrected chi connectivity index (χ3v) is 7.46. The van der Waals surface area contributed by atoms with E-state index in [1.54, 1.807) is 0 Å². The number of carboxylic acid groups (broad SMARTS) is 1. The Balaban J connectivity index is 0. The Bertz CT molecular complexity index is 502. The molecule has 3 N–H and O–H groups in total. The molecule has 0 aliphatic carbocycles. The molecule has 0 fully saturated rings. The van der Waals surface area contributed by atoms with Gasteiger partial charge in [0.25, 0.3) is 0 Å². The Morgan fingerprint density at radius 3 is 1.29 bits per heavy atom. The summed E-state index contributed by atoms with van der Waals surface area (Å²) in [4.78, 5) is 28.1. The molecule has 0 radical (unpaired) electrons. The van der Waals surface area contributed by atoms with Crippen molar-refractivity contribution in [3.63, 3.8) is 0 Å². The predicted molar refractivity (Wildman–Crippen MR) is 148 cm³/mol. The molecule has 0 spiro atoms. The Morgan fingerprint density at radius 1 is 0.629 bits per heavy atom. The molecule has 0 aromatic rings. The van der Waals surface area contributed by atoms with Gasteiger partial charge < -0.3 is 14.9 Å². The van der Waals surface area contributed by atoms with Crippen molar-refractivity contribution >= 4 is 13.8 Å². The van der Waals surface area contributed by atoms with Gasteiger partial charge in [0, 0.05) is 6.42 Å². The summed E-state index contributed by atoms with van der Waals surface area (Å²) in [5.41, 5.74) is -0.645. The number of phosphoric ester groups is 1. The lowest BCUT2D eigenvalue weighted by Crippen LogP contribution is -2.29. The second-order valence-electron chi connectivity index (χ2n) is 10.0. The standard InChI is InChI=1S/C18H36O2.C10H23O4P/c1-2-3-4-5-6-7-8-9-10-11-12-13-14-15-16-17-18(19)20;1-4-7-8-9-10(5-2,6-3)14-15(11,12)13/h2-17H2,1H3,(H,19,20);4-9H2,1-3H3,(H2,11,12,13). The van der Waals surface area contributed by atoms with E-state index in [0.717, 1.165) is 38.5 Å². The van der Waals surface area contributed by atoms with Crippen molar-refractivity contribution in [3.05, 3.63) is 0 Å². The first-order valence-corrected chi connectivity index (χ1v) is 16.2. The van der Waals surface area contributed by atoms with Crippen LogP contribution in [0.1, 0.15) is 169 Å². The maximum Gasteiger partial charge on any atom is 0.470 e. The van der Waals surface area contributed by atoms with Crippen LogP contribution in [0.2, 0.25) is 0 Å². The van der Waals surface area contributed by atoms with Gasteiger partial charge in [0.05, 0.1) is 5.60 Å². The average Bonchev–Trinajstić information content (AvgIpc) is 2.80. The zero-order chi connectivity index (χ0) is 26.8. The Hall–Kier alpha value is -0.420. The predicted octanol–water partition coefficient (Wildman–Crippen LogP) is 9.57. The van der Waals surface area contributed by atoms with Crippen LogP contribution >= 0.6 is 7.82 Å². The molecule has 212 valence electrons. The molecule has 0 aromatic heterocycles. The van der Waals surface area contributed by atoms with Crippen LogP contribution in [0.5, 0.6) is 0 Å². The second kappa shape index (κ2) is 25.2. The van der Waals surface area contributed by atoms with E-state index in [1.165, 1.54) is 83.5 Å². The normalized spacial score (nSPS) is 11.8. The minimum atomic E-state index is -4.37. The Labute approximate surface area is 217 Å². The summed E-state index contributed by atoms with van der Waals surface area (Å²) in [6.07, 6.45) is 25.3. The Morgan fingerprint density at radius 2 is 0.971 bits per heavy atom. The van der Waals surface area contributed by atoms with Crippen molar-refractivity contribution < 1.29 is 28.8 Å². The highest BCUT2D eigenvalue weighted by molar-refractivity contribution is 7.46. The van der Waals surface area contributed by atoms with Crippen molar-refractivity contribution in [2.45, 2.75) is 175 Å². The quantitative estimate of drug-likeness (QED) is 0.0861. The minimum absolute atomic E-state index is 0.345.